The summed E-state index contributed by atoms with van der Waals surface area (Å²) in [6, 6.07) is 1.24. The molecule has 0 aromatic rings. The van der Waals surface area contributed by atoms with Gasteiger partial charge in [-0.25, -0.2) is 0 Å². The summed E-state index contributed by atoms with van der Waals surface area (Å²) in [4.78, 5) is 14.3. The summed E-state index contributed by atoms with van der Waals surface area (Å²) in [5.74, 6) is 0.524. The molecule has 2 atom stereocenters. The maximum atomic E-state index is 11.7. The van der Waals surface area contributed by atoms with Crippen molar-refractivity contribution in [1.29, 1.82) is 0 Å². The van der Waals surface area contributed by atoms with E-state index in [-0.39, 0.29) is 5.91 Å². The molecule has 1 heterocycles. The van der Waals surface area contributed by atoms with Gasteiger partial charge >= 0.3 is 0 Å². The molecule has 1 amide bonds. The number of carbonyl (C=O) groups is 1. The Morgan fingerprint density at radius 1 is 1.40 bits per heavy atom. The summed E-state index contributed by atoms with van der Waals surface area (Å²) < 4.78 is 0. The molecule has 0 bridgehead atoms. The quantitative estimate of drug-likeness (QED) is 0.714. The second-order valence-electron chi connectivity index (χ2n) is 7.21. The Bertz CT molecular complexity index is 341. The van der Waals surface area contributed by atoms with Crippen molar-refractivity contribution in [1.82, 2.24) is 10.2 Å². The van der Waals surface area contributed by atoms with Crippen LogP contribution in [-0.2, 0) is 4.79 Å². The number of hydrogen-bond donors (Lipinski definition) is 2. The van der Waals surface area contributed by atoms with Crippen molar-refractivity contribution >= 4 is 5.91 Å². The highest BCUT2D eigenvalue weighted by Crippen LogP contribution is 2.27. The van der Waals surface area contributed by atoms with Gasteiger partial charge < -0.3 is 16.0 Å². The molecule has 2 unspecified atom stereocenters. The van der Waals surface area contributed by atoms with Crippen LogP contribution in [0, 0.1) is 5.92 Å². The van der Waals surface area contributed by atoms with Gasteiger partial charge in [-0.05, 0) is 64.5 Å². The molecular weight excluding hydrogens is 250 g/mol. The Hall–Kier alpha value is -0.610. The Labute approximate surface area is 123 Å². The third kappa shape index (κ3) is 3.95. The van der Waals surface area contributed by atoms with E-state index in [0.29, 0.717) is 6.04 Å². The van der Waals surface area contributed by atoms with Gasteiger partial charge in [0.1, 0.15) is 0 Å². The Morgan fingerprint density at radius 2 is 2.10 bits per heavy atom. The maximum Gasteiger partial charge on any atom is 0.237 e. The average molecular weight is 281 g/mol. The first-order valence-corrected chi connectivity index (χ1v) is 8.24. The molecule has 0 radical (unpaired) electrons. The molecular formula is C16H31N3O. The molecule has 116 valence electrons. The number of nitrogens with two attached hydrogens (primary N) is 1. The van der Waals surface area contributed by atoms with Gasteiger partial charge in [0, 0.05) is 12.1 Å². The molecule has 1 saturated heterocycles. The fourth-order valence-electron chi connectivity index (χ4n) is 3.46. The molecule has 4 heteroatoms. The second kappa shape index (κ2) is 6.44. The van der Waals surface area contributed by atoms with E-state index in [0.717, 1.165) is 31.3 Å². The lowest BCUT2D eigenvalue weighted by atomic mass is 9.94. The fourth-order valence-corrected chi connectivity index (χ4v) is 3.46. The third-order valence-electron chi connectivity index (χ3n) is 4.95. The van der Waals surface area contributed by atoms with Crippen LogP contribution in [0.15, 0.2) is 0 Å². The summed E-state index contributed by atoms with van der Waals surface area (Å²) in [5, 5.41) is 3.43. The van der Waals surface area contributed by atoms with Crippen LogP contribution in [0.1, 0.15) is 59.3 Å². The normalized spacial score (nSPS) is 26.9. The molecule has 2 rings (SSSR count). The van der Waals surface area contributed by atoms with Crippen molar-refractivity contribution in [2.45, 2.75) is 76.9 Å². The van der Waals surface area contributed by atoms with Crippen LogP contribution in [0.4, 0.5) is 0 Å². The summed E-state index contributed by atoms with van der Waals surface area (Å²) in [6.07, 6.45) is 6.90. The molecule has 1 aliphatic heterocycles. The van der Waals surface area contributed by atoms with Crippen LogP contribution in [0.2, 0.25) is 0 Å². The van der Waals surface area contributed by atoms with E-state index in [2.05, 4.69) is 24.1 Å². The highest BCUT2D eigenvalue weighted by atomic mass is 16.1. The van der Waals surface area contributed by atoms with E-state index in [1.54, 1.807) is 0 Å². The first kappa shape index (κ1) is 15.8. The highest BCUT2D eigenvalue weighted by molar-refractivity contribution is 5.84. The van der Waals surface area contributed by atoms with Crippen LogP contribution >= 0.6 is 0 Å². The van der Waals surface area contributed by atoms with Crippen LogP contribution in [-0.4, -0.2) is 41.5 Å². The van der Waals surface area contributed by atoms with Crippen LogP contribution in [0.25, 0.3) is 0 Å². The predicted octanol–water partition coefficient (Wildman–Crippen LogP) is 1.88. The van der Waals surface area contributed by atoms with E-state index < -0.39 is 5.54 Å². The number of likely N-dealkylation sites (tertiary alicyclic amines) is 1. The van der Waals surface area contributed by atoms with E-state index in [9.17, 15) is 4.79 Å². The number of nitrogens with one attached hydrogen (secondary N) is 1. The molecule has 2 fully saturated rings. The third-order valence-corrected chi connectivity index (χ3v) is 4.95. The van der Waals surface area contributed by atoms with Crippen molar-refractivity contribution in [2.24, 2.45) is 11.7 Å². The van der Waals surface area contributed by atoms with Gasteiger partial charge in [-0.2, -0.15) is 0 Å². The molecule has 20 heavy (non-hydrogen) atoms. The van der Waals surface area contributed by atoms with Crippen LogP contribution in [0.5, 0.6) is 0 Å². The standard InChI is InChI=1S/C16H31N3O/c1-12(2)14-6-4-10-19(14)11-5-9-16(3,15(17)20)18-13-7-8-13/h12-14,18H,4-11H2,1-3H3,(H2,17,20). The fraction of sp³-hybridized carbons (Fsp3) is 0.938. The summed E-state index contributed by atoms with van der Waals surface area (Å²) in [7, 11) is 0. The minimum absolute atomic E-state index is 0.203. The van der Waals surface area contributed by atoms with Crippen LogP contribution in [0.3, 0.4) is 0 Å². The van der Waals surface area contributed by atoms with Gasteiger partial charge in [0.05, 0.1) is 5.54 Å². The molecule has 0 aromatic heterocycles. The van der Waals surface area contributed by atoms with Crippen molar-refractivity contribution in [2.75, 3.05) is 13.1 Å². The van der Waals surface area contributed by atoms with Gasteiger partial charge in [-0.1, -0.05) is 13.8 Å². The lowest BCUT2D eigenvalue weighted by molar-refractivity contribution is -0.124. The molecule has 1 saturated carbocycles. The first-order valence-electron chi connectivity index (χ1n) is 8.24. The molecule has 0 aromatic carbocycles. The lowest BCUT2D eigenvalue weighted by Gasteiger charge is -2.31. The largest absolute Gasteiger partial charge is 0.368 e. The first-order chi connectivity index (χ1) is 9.42. The van der Waals surface area contributed by atoms with Gasteiger partial charge in [0.15, 0.2) is 0 Å². The summed E-state index contributed by atoms with van der Waals surface area (Å²) in [5.41, 5.74) is 5.08. The Balaban J connectivity index is 1.79. The van der Waals surface area contributed by atoms with Gasteiger partial charge in [0.25, 0.3) is 0 Å². The van der Waals surface area contributed by atoms with Crippen molar-refractivity contribution < 1.29 is 4.79 Å². The van der Waals surface area contributed by atoms with E-state index in [4.69, 9.17) is 5.73 Å². The molecule has 1 aliphatic carbocycles. The van der Waals surface area contributed by atoms with Crippen molar-refractivity contribution in [3.63, 3.8) is 0 Å². The van der Waals surface area contributed by atoms with E-state index in [1.165, 1.54) is 32.2 Å². The van der Waals surface area contributed by atoms with Gasteiger partial charge in [0.2, 0.25) is 5.91 Å². The predicted molar refractivity (Wildman–Crippen MR) is 82.4 cm³/mol. The van der Waals surface area contributed by atoms with Gasteiger partial charge in [-0.3, -0.25) is 4.79 Å². The minimum atomic E-state index is -0.520. The lowest BCUT2D eigenvalue weighted by Crippen LogP contribution is -2.54. The van der Waals surface area contributed by atoms with E-state index in [1.807, 2.05) is 6.92 Å². The molecule has 0 spiro atoms. The molecule has 4 nitrogen and oxygen atoms in total. The zero-order valence-corrected chi connectivity index (χ0v) is 13.3. The second-order valence-corrected chi connectivity index (χ2v) is 7.21. The monoisotopic (exact) mass is 281 g/mol. The zero-order valence-electron chi connectivity index (χ0n) is 13.3. The Kier molecular flexibility index (Phi) is 5.08. The molecule has 2 aliphatic rings. The summed E-state index contributed by atoms with van der Waals surface area (Å²) in [6.45, 7) is 8.90. The topological polar surface area (TPSA) is 58.4 Å². The summed E-state index contributed by atoms with van der Waals surface area (Å²) >= 11 is 0. The van der Waals surface area contributed by atoms with Crippen LogP contribution < -0.4 is 11.1 Å². The number of hydrogen-bond acceptors (Lipinski definition) is 3. The van der Waals surface area contributed by atoms with Crippen molar-refractivity contribution in [3.05, 3.63) is 0 Å². The van der Waals surface area contributed by atoms with Crippen molar-refractivity contribution in [3.8, 4) is 0 Å². The van der Waals surface area contributed by atoms with Gasteiger partial charge in [-0.15, -0.1) is 0 Å². The number of nitrogens with zero attached hydrogens (tertiary/aromatic N) is 1. The highest BCUT2D eigenvalue weighted by Gasteiger charge is 2.37. The number of carbonyl (C=O) groups excluding carboxylic acids is 1. The van der Waals surface area contributed by atoms with E-state index >= 15 is 0 Å². The average Bonchev–Trinajstić information content (AvgIpc) is 3.04. The minimum Gasteiger partial charge on any atom is -0.368 e. The molecule has 3 N–H and O–H groups in total. The SMILES string of the molecule is CC(C)C1CCCN1CCCC(C)(NC1CC1)C(N)=O. The zero-order chi connectivity index (χ0) is 14.8. The number of amides is 1. The number of primary amides is 1. The number of rotatable bonds is 8. The maximum absolute atomic E-state index is 11.7. The smallest absolute Gasteiger partial charge is 0.237 e. The Morgan fingerprint density at radius 3 is 2.65 bits per heavy atom.